The van der Waals surface area contributed by atoms with Gasteiger partial charge < -0.3 is 5.73 Å². The molecule has 0 amide bonds. The van der Waals surface area contributed by atoms with Crippen LogP contribution in [0.1, 0.15) is 37.3 Å². The van der Waals surface area contributed by atoms with E-state index in [-0.39, 0.29) is 23.7 Å². The number of anilines is 1. The van der Waals surface area contributed by atoms with Crippen LogP contribution in [-0.4, -0.2) is 4.98 Å². The summed E-state index contributed by atoms with van der Waals surface area (Å²) in [5, 5.41) is 0. The van der Waals surface area contributed by atoms with Crippen molar-refractivity contribution in [1.82, 2.24) is 4.98 Å². The molecule has 0 radical (unpaired) electrons. The number of alkyl halides is 3. The first-order valence-corrected chi connectivity index (χ1v) is 5.96. The van der Waals surface area contributed by atoms with Crippen molar-refractivity contribution >= 4 is 5.82 Å². The standard InChI is InChI=1S/C13H15F5N2/c1-7(2)9(3-4-11(14)15)10-5-8(13(16,17)18)6-20-12(10)19/h4-7,9H,3H2,1-2H3,(H2,19,20)/t9-/m0/s1. The van der Waals surface area contributed by atoms with Gasteiger partial charge in [0.1, 0.15) is 5.82 Å². The third-order valence-electron chi connectivity index (χ3n) is 3.01. The monoisotopic (exact) mass is 294 g/mol. The average molecular weight is 294 g/mol. The summed E-state index contributed by atoms with van der Waals surface area (Å²) in [6.45, 7) is 3.46. The minimum Gasteiger partial charge on any atom is -0.383 e. The lowest BCUT2D eigenvalue weighted by Crippen LogP contribution is -2.13. The third kappa shape index (κ3) is 4.18. The molecule has 2 N–H and O–H groups in total. The fourth-order valence-corrected chi connectivity index (χ4v) is 1.92. The second-order valence-electron chi connectivity index (χ2n) is 4.78. The number of aromatic nitrogens is 1. The maximum absolute atomic E-state index is 12.7. The van der Waals surface area contributed by atoms with Gasteiger partial charge >= 0.3 is 6.18 Å². The Hall–Kier alpha value is -1.66. The first kappa shape index (κ1) is 16.4. The molecule has 1 aromatic heterocycles. The van der Waals surface area contributed by atoms with E-state index < -0.39 is 23.7 Å². The van der Waals surface area contributed by atoms with E-state index in [4.69, 9.17) is 5.73 Å². The van der Waals surface area contributed by atoms with Gasteiger partial charge in [0.15, 0.2) is 0 Å². The number of allylic oxidation sites excluding steroid dienone is 1. The van der Waals surface area contributed by atoms with Crippen molar-refractivity contribution in [2.45, 2.75) is 32.4 Å². The van der Waals surface area contributed by atoms with Crippen LogP contribution in [0.25, 0.3) is 0 Å². The van der Waals surface area contributed by atoms with Gasteiger partial charge in [-0.25, -0.2) is 4.98 Å². The highest BCUT2D eigenvalue weighted by Gasteiger charge is 2.32. The van der Waals surface area contributed by atoms with Crippen molar-refractivity contribution in [3.63, 3.8) is 0 Å². The van der Waals surface area contributed by atoms with Crippen LogP contribution in [0, 0.1) is 5.92 Å². The molecule has 112 valence electrons. The van der Waals surface area contributed by atoms with Crippen molar-refractivity contribution in [3.05, 3.63) is 35.5 Å². The van der Waals surface area contributed by atoms with Gasteiger partial charge in [-0.3, -0.25) is 0 Å². The zero-order chi connectivity index (χ0) is 15.5. The predicted octanol–water partition coefficient (Wildman–Crippen LogP) is 4.59. The molecule has 0 fully saturated rings. The highest BCUT2D eigenvalue weighted by Crippen LogP contribution is 2.36. The number of nitrogens with zero attached hydrogens (tertiary/aromatic N) is 1. The minimum absolute atomic E-state index is 0.0654. The first-order chi connectivity index (χ1) is 9.12. The van der Waals surface area contributed by atoms with Crippen LogP contribution in [0.4, 0.5) is 27.8 Å². The summed E-state index contributed by atoms with van der Waals surface area (Å²) >= 11 is 0. The molecule has 7 heteroatoms. The van der Waals surface area contributed by atoms with Crippen LogP contribution in [0.2, 0.25) is 0 Å². The number of pyridine rings is 1. The summed E-state index contributed by atoms with van der Waals surface area (Å²) < 4.78 is 62.4. The van der Waals surface area contributed by atoms with Gasteiger partial charge in [0, 0.05) is 6.20 Å². The molecule has 1 atom stereocenters. The Bertz CT molecular complexity index is 490. The normalized spacial score (nSPS) is 13.4. The van der Waals surface area contributed by atoms with Crippen LogP contribution < -0.4 is 5.73 Å². The smallest absolute Gasteiger partial charge is 0.383 e. The van der Waals surface area contributed by atoms with Gasteiger partial charge in [-0.15, -0.1) is 0 Å². The van der Waals surface area contributed by atoms with Crippen LogP contribution in [0.15, 0.2) is 24.4 Å². The first-order valence-electron chi connectivity index (χ1n) is 5.96. The third-order valence-corrected chi connectivity index (χ3v) is 3.01. The molecule has 0 bridgehead atoms. The average Bonchev–Trinajstić information content (AvgIpc) is 2.29. The van der Waals surface area contributed by atoms with E-state index in [9.17, 15) is 22.0 Å². The summed E-state index contributed by atoms with van der Waals surface area (Å²) in [5.74, 6) is -0.770. The lowest BCUT2D eigenvalue weighted by Gasteiger charge is -2.22. The second kappa shape index (κ2) is 6.19. The van der Waals surface area contributed by atoms with Crippen LogP contribution in [0.5, 0.6) is 0 Å². The molecule has 2 nitrogen and oxygen atoms in total. The van der Waals surface area contributed by atoms with E-state index in [0.29, 0.717) is 12.3 Å². The van der Waals surface area contributed by atoms with Gasteiger partial charge in [-0.1, -0.05) is 13.8 Å². The number of rotatable bonds is 4. The molecule has 0 aliphatic rings. The van der Waals surface area contributed by atoms with Crippen molar-refractivity contribution in [3.8, 4) is 0 Å². The van der Waals surface area contributed by atoms with E-state index in [1.54, 1.807) is 13.8 Å². The summed E-state index contributed by atoms with van der Waals surface area (Å²) in [5.41, 5.74) is 4.80. The fraction of sp³-hybridized carbons (Fsp3) is 0.462. The topological polar surface area (TPSA) is 38.9 Å². The molecule has 1 aromatic rings. The Labute approximate surface area is 113 Å². The van der Waals surface area contributed by atoms with Crippen LogP contribution in [-0.2, 0) is 6.18 Å². The van der Waals surface area contributed by atoms with Gasteiger partial charge in [-0.05, 0) is 36.0 Å². The summed E-state index contributed by atoms with van der Waals surface area (Å²) in [4.78, 5) is 3.53. The molecular weight excluding hydrogens is 279 g/mol. The Kier molecular flexibility index (Phi) is 5.08. The van der Waals surface area contributed by atoms with E-state index >= 15 is 0 Å². The number of halogens is 5. The van der Waals surface area contributed by atoms with Gasteiger partial charge in [0.2, 0.25) is 0 Å². The van der Waals surface area contributed by atoms with Gasteiger partial charge in [0.05, 0.1) is 5.56 Å². The molecular formula is C13H15F5N2. The SMILES string of the molecule is CC(C)[C@H](CC=C(F)F)c1cc(C(F)(F)F)cnc1N. The quantitative estimate of drug-likeness (QED) is 0.825. The maximum atomic E-state index is 12.7. The fourth-order valence-electron chi connectivity index (χ4n) is 1.92. The Morgan fingerprint density at radius 1 is 1.35 bits per heavy atom. The van der Waals surface area contributed by atoms with E-state index in [1.807, 2.05) is 0 Å². The molecule has 1 heterocycles. The number of nitrogens with two attached hydrogens (primary N) is 1. The Morgan fingerprint density at radius 2 is 1.95 bits per heavy atom. The van der Waals surface area contributed by atoms with Crippen molar-refractivity contribution < 1.29 is 22.0 Å². The largest absolute Gasteiger partial charge is 0.417 e. The summed E-state index contributed by atoms with van der Waals surface area (Å²) in [7, 11) is 0. The van der Waals surface area contributed by atoms with E-state index in [2.05, 4.69) is 4.98 Å². The molecule has 0 spiro atoms. The molecule has 0 aliphatic carbocycles. The Balaban J connectivity index is 3.22. The molecule has 20 heavy (non-hydrogen) atoms. The minimum atomic E-state index is -4.54. The van der Waals surface area contributed by atoms with Crippen molar-refractivity contribution in [1.29, 1.82) is 0 Å². The molecule has 0 unspecified atom stereocenters. The van der Waals surface area contributed by atoms with Crippen LogP contribution >= 0.6 is 0 Å². The highest BCUT2D eigenvalue weighted by molar-refractivity contribution is 5.44. The zero-order valence-electron chi connectivity index (χ0n) is 11.0. The lowest BCUT2D eigenvalue weighted by molar-refractivity contribution is -0.137. The molecule has 1 rings (SSSR count). The molecule has 0 aromatic carbocycles. The van der Waals surface area contributed by atoms with Crippen molar-refractivity contribution in [2.24, 2.45) is 5.92 Å². The number of nitrogen functional groups attached to an aromatic ring is 1. The summed E-state index contributed by atoms with van der Waals surface area (Å²) in [6, 6.07) is 0.886. The van der Waals surface area contributed by atoms with E-state index in [1.165, 1.54) is 0 Å². The van der Waals surface area contributed by atoms with Gasteiger partial charge in [-0.2, -0.15) is 22.0 Å². The molecule has 0 saturated carbocycles. The molecule has 0 saturated heterocycles. The second-order valence-corrected chi connectivity index (χ2v) is 4.78. The Morgan fingerprint density at radius 3 is 2.40 bits per heavy atom. The zero-order valence-corrected chi connectivity index (χ0v) is 11.0. The maximum Gasteiger partial charge on any atom is 0.417 e. The molecule has 0 aliphatic heterocycles. The van der Waals surface area contributed by atoms with Gasteiger partial charge in [0.25, 0.3) is 6.08 Å². The van der Waals surface area contributed by atoms with E-state index in [0.717, 1.165) is 6.07 Å². The highest BCUT2D eigenvalue weighted by atomic mass is 19.4. The van der Waals surface area contributed by atoms with Crippen molar-refractivity contribution in [2.75, 3.05) is 5.73 Å². The summed E-state index contributed by atoms with van der Waals surface area (Å²) in [6.07, 6.45) is -5.17. The lowest BCUT2D eigenvalue weighted by atomic mass is 9.85. The van der Waals surface area contributed by atoms with Crippen LogP contribution in [0.3, 0.4) is 0 Å². The number of hydrogen-bond acceptors (Lipinski definition) is 2. The predicted molar refractivity (Wildman–Crippen MR) is 66.1 cm³/mol. The number of hydrogen-bond donors (Lipinski definition) is 1.